The molecule has 0 spiro atoms. The molecule has 1 atom stereocenters. The Labute approximate surface area is 108 Å². The van der Waals surface area contributed by atoms with Gasteiger partial charge < -0.3 is 14.5 Å². The maximum absolute atomic E-state index is 12.0. The zero-order chi connectivity index (χ0) is 13.0. The van der Waals surface area contributed by atoms with Gasteiger partial charge in [-0.3, -0.25) is 0 Å². The molecule has 1 heterocycles. The lowest BCUT2D eigenvalue weighted by Crippen LogP contribution is -2.52. The van der Waals surface area contributed by atoms with E-state index in [9.17, 15) is 4.79 Å². The Balaban J connectivity index is 1.85. The van der Waals surface area contributed by atoms with E-state index in [4.69, 9.17) is 4.74 Å². The zero-order valence-corrected chi connectivity index (χ0v) is 11.0. The van der Waals surface area contributed by atoms with Crippen LogP contribution in [0.25, 0.3) is 0 Å². The number of ether oxygens (including phenoxy) is 1. The summed E-state index contributed by atoms with van der Waals surface area (Å²) in [5.74, 6) is 0. The molecule has 1 aliphatic heterocycles. The molecular formula is C14H20N2O2. The van der Waals surface area contributed by atoms with Crippen molar-refractivity contribution in [1.29, 1.82) is 0 Å². The summed E-state index contributed by atoms with van der Waals surface area (Å²) in [6, 6.07) is 9.98. The van der Waals surface area contributed by atoms with Crippen LogP contribution >= 0.6 is 0 Å². The van der Waals surface area contributed by atoms with Gasteiger partial charge >= 0.3 is 6.09 Å². The molecular weight excluding hydrogens is 228 g/mol. The van der Waals surface area contributed by atoms with E-state index in [-0.39, 0.29) is 12.1 Å². The second-order valence-corrected chi connectivity index (χ2v) is 4.84. The molecule has 2 rings (SSSR count). The molecule has 0 radical (unpaired) electrons. The normalized spacial score (nSPS) is 20.8. The quantitative estimate of drug-likeness (QED) is 0.802. The number of hydrogen-bond acceptors (Lipinski definition) is 3. The first-order valence-corrected chi connectivity index (χ1v) is 6.32. The first-order chi connectivity index (χ1) is 8.66. The molecule has 4 nitrogen and oxygen atoms in total. The largest absolute Gasteiger partial charge is 0.445 e. The summed E-state index contributed by atoms with van der Waals surface area (Å²) in [4.78, 5) is 16.0. The number of likely N-dealkylation sites (N-methyl/N-ethyl adjacent to an activating group) is 1. The molecule has 0 aromatic heterocycles. The fraction of sp³-hybridized carbons (Fsp3) is 0.500. The van der Waals surface area contributed by atoms with Gasteiger partial charge in [-0.1, -0.05) is 30.3 Å². The van der Waals surface area contributed by atoms with Crippen LogP contribution in [-0.2, 0) is 11.3 Å². The van der Waals surface area contributed by atoms with Gasteiger partial charge in [-0.25, -0.2) is 4.79 Å². The molecule has 18 heavy (non-hydrogen) atoms. The first kappa shape index (κ1) is 12.9. The minimum atomic E-state index is -0.209. The minimum absolute atomic E-state index is 0.209. The lowest BCUT2D eigenvalue weighted by atomic mass is 10.2. The molecule has 1 amide bonds. The first-order valence-electron chi connectivity index (χ1n) is 6.32. The molecule has 1 aliphatic rings. The third-order valence-electron chi connectivity index (χ3n) is 3.27. The van der Waals surface area contributed by atoms with E-state index in [2.05, 4.69) is 18.9 Å². The van der Waals surface area contributed by atoms with E-state index in [0.29, 0.717) is 6.61 Å². The summed E-state index contributed by atoms with van der Waals surface area (Å²) in [7, 11) is 2.07. The SMILES string of the molecule is CC1CN(C)CCN1C(=O)OCc1ccccc1. The van der Waals surface area contributed by atoms with Gasteiger partial charge in [0.25, 0.3) is 0 Å². The second kappa shape index (κ2) is 5.87. The standard InChI is InChI=1S/C14H20N2O2/c1-12-10-15(2)8-9-16(12)14(17)18-11-13-6-4-3-5-7-13/h3-7,12H,8-11H2,1-2H3. The lowest BCUT2D eigenvalue weighted by Gasteiger charge is -2.37. The van der Waals surface area contributed by atoms with Gasteiger partial charge in [0.15, 0.2) is 0 Å². The predicted octanol–water partition coefficient (Wildman–Crippen LogP) is 1.96. The molecule has 0 N–H and O–H groups in total. The van der Waals surface area contributed by atoms with Gasteiger partial charge in [0.05, 0.1) is 0 Å². The Hall–Kier alpha value is -1.55. The number of hydrogen-bond donors (Lipinski definition) is 0. The number of rotatable bonds is 2. The second-order valence-electron chi connectivity index (χ2n) is 4.84. The lowest BCUT2D eigenvalue weighted by molar-refractivity contribution is 0.0545. The van der Waals surface area contributed by atoms with Gasteiger partial charge in [0.2, 0.25) is 0 Å². The maximum atomic E-state index is 12.0. The molecule has 4 heteroatoms. The third kappa shape index (κ3) is 3.23. The predicted molar refractivity (Wildman–Crippen MR) is 70.3 cm³/mol. The van der Waals surface area contributed by atoms with E-state index in [1.165, 1.54) is 0 Å². The maximum Gasteiger partial charge on any atom is 0.410 e. The Morgan fingerprint density at radius 2 is 2.06 bits per heavy atom. The number of carbonyl (C=O) groups excluding carboxylic acids is 1. The molecule has 1 unspecified atom stereocenters. The van der Waals surface area contributed by atoms with Crippen molar-refractivity contribution in [1.82, 2.24) is 9.80 Å². The Kier molecular flexibility index (Phi) is 4.20. The zero-order valence-electron chi connectivity index (χ0n) is 11.0. The number of carbonyl (C=O) groups is 1. The van der Waals surface area contributed by atoms with Gasteiger partial charge in [0, 0.05) is 25.7 Å². The van der Waals surface area contributed by atoms with Crippen molar-refractivity contribution in [3.05, 3.63) is 35.9 Å². The van der Waals surface area contributed by atoms with Gasteiger partial charge in [-0.05, 0) is 19.5 Å². The van der Waals surface area contributed by atoms with Gasteiger partial charge in [-0.15, -0.1) is 0 Å². The molecule has 1 aromatic carbocycles. The summed E-state index contributed by atoms with van der Waals surface area (Å²) in [6.45, 7) is 4.95. The van der Waals surface area contributed by atoms with Crippen molar-refractivity contribution >= 4 is 6.09 Å². The van der Waals surface area contributed by atoms with Crippen molar-refractivity contribution < 1.29 is 9.53 Å². The van der Waals surface area contributed by atoms with Crippen LogP contribution in [0.5, 0.6) is 0 Å². The summed E-state index contributed by atoms with van der Waals surface area (Å²) >= 11 is 0. The van der Waals surface area contributed by atoms with Crippen molar-refractivity contribution in [2.75, 3.05) is 26.7 Å². The smallest absolute Gasteiger partial charge is 0.410 e. The highest BCUT2D eigenvalue weighted by Crippen LogP contribution is 2.11. The van der Waals surface area contributed by atoms with Gasteiger partial charge in [-0.2, -0.15) is 0 Å². The molecule has 0 aliphatic carbocycles. The van der Waals surface area contributed by atoms with Crippen molar-refractivity contribution in [3.63, 3.8) is 0 Å². The molecule has 1 aromatic rings. The van der Waals surface area contributed by atoms with Crippen molar-refractivity contribution in [3.8, 4) is 0 Å². The summed E-state index contributed by atoms with van der Waals surface area (Å²) in [6.07, 6.45) is -0.209. The summed E-state index contributed by atoms with van der Waals surface area (Å²) < 4.78 is 5.34. The summed E-state index contributed by atoms with van der Waals surface area (Å²) in [5, 5.41) is 0. The molecule has 98 valence electrons. The highest BCUT2D eigenvalue weighted by molar-refractivity contribution is 5.68. The van der Waals surface area contributed by atoms with E-state index in [1.54, 1.807) is 0 Å². The van der Waals surface area contributed by atoms with Crippen LogP contribution in [-0.4, -0.2) is 48.6 Å². The van der Waals surface area contributed by atoms with Crippen LogP contribution in [0.2, 0.25) is 0 Å². The highest BCUT2D eigenvalue weighted by atomic mass is 16.6. The van der Waals surface area contributed by atoms with Crippen LogP contribution in [0.1, 0.15) is 12.5 Å². The minimum Gasteiger partial charge on any atom is -0.445 e. The Morgan fingerprint density at radius 1 is 1.33 bits per heavy atom. The van der Waals surface area contributed by atoms with E-state index < -0.39 is 0 Å². The van der Waals surface area contributed by atoms with Crippen LogP contribution in [0.3, 0.4) is 0 Å². The van der Waals surface area contributed by atoms with Crippen molar-refractivity contribution in [2.45, 2.75) is 19.6 Å². The van der Waals surface area contributed by atoms with E-state index in [0.717, 1.165) is 25.2 Å². The molecule has 0 saturated carbocycles. The highest BCUT2D eigenvalue weighted by Gasteiger charge is 2.26. The summed E-state index contributed by atoms with van der Waals surface area (Å²) in [5.41, 5.74) is 1.02. The van der Waals surface area contributed by atoms with Crippen molar-refractivity contribution in [2.24, 2.45) is 0 Å². The number of benzene rings is 1. The topological polar surface area (TPSA) is 32.8 Å². The average Bonchev–Trinajstić information content (AvgIpc) is 2.37. The average molecular weight is 248 g/mol. The molecule has 1 fully saturated rings. The number of nitrogens with zero attached hydrogens (tertiary/aromatic N) is 2. The number of piperazine rings is 1. The Bertz CT molecular complexity index is 394. The van der Waals surface area contributed by atoms with Crippen LogP contribution < -0.4 is 0 Å². The fourth-order valence-corrected chi connectivity index (χ4v) is 2.21. The van der Waals surface area contributed by atoms with Crippen LogP contribution in [0, 0.1) is 0 Å². The molecule has 0 bridgehead atoms. The number of amides is 1. The monoisotopic (exact) mass is 248 g/mol. The van der Waals surface area contributed by atoms with E-state index >= 15 is 0 Å². The Morgan fingerprint density at radius 3 is 2.72 bits per heavy atom. The fourth-order valence-electron chi connectivity index (χ4n) is 2.21. The van der Waals surface area contributed by atoms with Crippen LogP contribution in [0.4, 0.5) is 4.79 Å². The van der Waals surface area contributed by atoms with E-state index in [1.807, 2.05) is 35.2 Å². The van der Waals surface area contributed by atoms with Gasteiger partial charge in [0.1, 0.15) is 6.61 Å². The van der Waals surface area contributed by atoms with Crippen LogP contribution in [0.15, 0.2) is 30.3 Å². The third-order valence-corrected chi connectivity index (χ3v) is 3.27. The molecule has 1 saturated heterocycles.